The molecule has 1 aromatic carbocycles. The number of nitrogens with zero attached hydrogens (tertiary/aromatic N) is 1. The van der Waals surface area contributed by atoms with Crippen molar-refractivity contribution in [2.24, 2.45) is 5.14 Å². The quantitative estimate of drug-likeness (QED) is 0.802. The van der Waals surface area contributed by atoms with E-state index in [-0.39, 0.29) is 10.6 Å². The topological polar surface area (TPSA) is 111 Å². The molecular formula is C14H11ClF3N3O4S. The second-order valence-corrected chi connectivity index (χ2v) is 7.09. The van der Waals surface area contributed by atoms with Crippen LogP contribution in [0.15, 0.2) is 46.2 Å². The molecule has 0 spiro atoms. The fourth-order valence-electron chi connectivity index (χ4n) is 1.95. The number of hydrogen-bond acceptors (Lipinski definition) is 4. The largest absolute Gasteiger partial charge is 0.417 e. The highest BCUT2D eigenvalue weighted by molar-refractivity contribution is 7.89. The van der Waals surface area contributed by atoms with E-state index in [1.807, 2.05) is 0 Å². The van der Waals surface area contributed by atoms with Gasteiger partial charge in [0.15, 0.2) is 0 Å². The predicted octanol–water partition coefficient (Wildman–Crippen LogP) is 1.81. The number of carbonyl (C=O) groups is 1. The molecule has 0 bridgehead atoms. The molecule has 0 fully saturated rings. The van der Waals surface area contributed by atoms with Crippen LogP contribution >= 0.6 is 11.6 Å². The summed E-state index contributed by atoms with van der Waals surface area (Å²) in [4.78, 5) is 23.6. The molecule has 0 aliphatic rings. The van der Waals surface area contributed by atoms with E-state index in [0.29, 0.717) is 16.8 Å². The fourth-order valence-corrected chi connectivity index (χ4v) is 2.70. The van der Waals surface area contributed by atoms with Crippen LogP contribution < -0.4 is 16.0 Å². The average molecular weight is 410 g/mol. The minimum Gasteiger partial charge on any atom is -0.325 e. The summed E-state index contributed by atoms with van der Waals surface area (Å²) in [6.07, 6.45) is -4.25. The highest BCUT2D eigenvalue weighted by Crippen LogP contribution is 2.29. The van der Waals surface area contributed by atoms with Gasteiger partial charge in [0.05, 0.1) is 10.5 Å². The molecule has 0 saturated carbocycles. The van der Waals surface area contributed by atoms with Gasteiger partial charge in [0.2, 0.25) is 15.9 Å². The zero-order chi connectivity index (χ0) is 19.7. The number of nitrogens with one attached hydrogen (secondary N) is 1. The van der Waals surface area contributed by atoms with Crippen LogP contribution in [0.3, 0.4) is 0 Å². The minimum atomic E-state index is -4.74. The maximum atomic E-state index is 12.8. The molecular weight excluding hydrogens is 399 g/mol. The number of hydrogen-bond donors (Lipinski definition) is 2. The summed E-state index contributed by atoms with van der Waals surface area (Å²) in [5.41, 5.74) is -1.97. The molecule has 140 valence electrons. The van der Waals surface area contributed by atoms with Crippen molar-refractivity contribution >= 4 is 33.2 Å². The summed E-state index contributed by atoms with van der Waals surface area (Å²) in [6.45, 7) is -0.723. The third-order valence-electron chi connectivity index (χ3n) is 3.15. The molecule has 1 heterocycles. The van der Waals surface area contributed by atoms with Gasteiger partial charge in [-0.2, -0.15) is 13.2 Å². The Morgan fingerprint density at radius 2 is 1.81 bits per heavy atom. The number of carbonyl (C=O) groups excluding carboxylic acids is 1. The lowest BCUT2D eigenvalue weighted by Gasteiger charge is -2.12. The molecule has 26 heavy (non-hydrogen) atoms. The van der Waals surface area contributed by atoms with Gasteiger partial charge in [0, 0.05) is 11.9 Å². The van der Waals surface area contributed by atoms with Crippen molar-refractivity contribution in [3.63, 3.8) is 0 Å². The van der Waals surface area contributed by atoms with E-state index in [2.05, 4.69) is 5.32 Å². The van der Waals surface area contributed by atoms with E-state index in [0.717, 1.165) is 12.1 Å². The van der Waals surface area contributed by atoms with Crippen molar-refractivity contribution < 1.29 is 26.4 Å². The standard InChI is InChI=1S/C14H11ClF3N3O4S/c15-11-5-8(14(16,17)18)6-21(13(11)23)7-12(22)20-9-1-3-10(4-2-9)26(19,24)25/h1-6H,7H2,(H,20,22)(H2,19,24,25). The predicted molar refractivity (Wildman–Crippen MR) is 87.2 cm³/mol. The van der Waals surface area contributed by atoms with Gasteiger partial charge in [0.25, 0.3) is 5.56 Å². The fraction of sp³-hybridized carbons (Fsp3) is 0.143. The lowest BCUT2D eigenvalue weighted by Crippen LogP contribution is -2.29. The number of rotatable bonds is 4. The number of nitrogens with two attached hydrogens (primary N) is 1. The number of halogens is 4. The molecule has 0 radical (unpaired) electrons. The lowest BCUT2D eigenvalue weighted by molar-refractivity contribution is -0.138. The third kappa shape index (κ3) is 4.84. The Morgan fingerprint density at radius 1 is 1.23 bits per heavy atom. The molecule has 7 nitrogen and oxygen atoms in total. The van der Waals surface area contributed by atoms with Crippen molar-refractivity contribution in [1.82, 2.24) is 4.57 Å². The Labute approximate surface area is 150 Å². The van der Waals surface area contributed by atoms with E-state index in [4.69, 9.17) is 16.7 Å². The molecule has 1 amide bonds. The molecule has 0 aliphatic carbocycles. The average Bonchev–Trinajstić information content (AvgIpc) is 2.50. The monoisotopic (exact) mass is 409 g/mol. The first-order chi connectivity index (χ1) is 11.9. The lowest BCUT2D eigenvalue weighted by atomic mass is 10.2. The molecule has 12 heteroatoms. The molecule has 0 saturated heterocycles. The number of pyridine rings is 1. The van der Waals surface area contributed by atoms with Gasteiger partial charge in [-0.3, -0.25) is 9.59 Å². The Kier molecular flexibility index (Phi) is 5.44. The van der Waals surface area contributed by atoms with Crippen LogP contribution in [-0.2, 0) is 27.5 Å². The molecule has 1 aromatic heterocycles. The van der Waals surface area contributed by atoms with E-state index >= 15 is 0 Å². The number of amides is 1. The summed E-state index contributed by atoms with van der Waals surface area (Å²) in [6, 6.07) is 5.22. The summed E-state index contributed by atoms with van der Waals surface area (Å²) in [7, 11) is -3.91. The third-order valence-corrected chi connectivity index (χ3v) is 4.35. The first-order valence-electron chi connectivity index (χ1n) is 6.78. The molecule has 0 unspecified atom stereocenters. The Bertz CT molecular complexity index is 1000. The highest BCUT2D eigenvalue weighted by atomic mass is 35.5. The van der Waals surface area contributed by atoms with Crippen molar-refractivity contribution in [3.05, 3.63) is 57.5 Å². The van der Waals surface area contributed by atoms with Crippen LogP contribution in [-0.4, -0.2) is 18.9 Å². The van der Waals surface area contributed by atoms with Gasteiger partial charge in [0.1, 0.15) is 11.6 Å². The summed E-state index contributed by atoms with van der Waals surface area (Å²) in [5.74, 6) is -0.814. The Hall–Kier alpha value is -2.37. The smallest absolute Gasteiger partial charge is 0.325 e. The number of benzene rings is 1. The normalized spacial score (nSPS) is 12.0. The highest BCUT2D eigenvalue weighted by Gasteiger charge is 2.32. The summed E-state index contributed by atoms with van der Waals surface area (Å²) in [5, 5.41) is 6.57. The van der Waals surface area contributed by atoms with Gasteiger partial charge in [-0.05, 0) is 30.3 Å². The van der Waals surface area contributed by atoms with Crippen molar-refractivity contribution in [1.29, 1.82) is 0 Å². The number of aromatic nitrogens is 1. The first kappa shape index (κ1) is 19.9. The minimum absolute atomic E-state index is 0.161. The van der Waals surface area contributed by atoms with E-state index in [1.54, 1.807) is 0 Å². The second-order valence-electron chi connectivity index (χ2n) is 5.13. The zero-order valence-corrected chi connectivity index (χ0v) is 14.3. The van der Waals surface area contributed by atoms with E-state index < -0.39 is 44.8 Å². The van der Waals surface area contributed by atoms with Crippen LogP contribution in [0.2, 0.25) is 5.02 Å². The van der Waals surface area contributed by atoms with Crippen LogP contribution in [0, 0.1) is 0 Å². The van der Waals surface area contributed by atoms with Crippen LogP contribution in [0.4, 0.5) is 18.9 Å². The number of primary sulfonamides is 1. The number of anilines is 1. The van der Waals surface area contributed by atoms with Crippen molar-refractivity contribution in [3.8, 4) is 0 Å². The van der Waals surface area contributed by atoms with Gasteiger partial charge >= 0.3 is 6.18 Å². The van der Waals surface area contributed by atoms with Crippen LogP contribution in [0.1, 0.15) is 5.56 Å². The maximum absolute atomic E-state index is 12.8. The Balaban J connectivity index is 2.20. The number of sulfonamides is 1. The zero-order valence-electron chi connectivity index (χ0n) is 12.7. The maximum Gasteiger partial charge on any atom is 0.417 e. The van der Waals surface area contributed by atoms with Crippen molar-refractivity contribution in [2.75, 3.05) is 5.32 Å². The summed E-state index contributed by atoms with van der Waals surface area (Å²) >= 11 is 5.50. The molecule has 2 aromatic rings. The second kappa shape index (κ2) is 7.09. The molecule has 2 rings (SSSR count). The van der Waals surface area contributed by atoms with Crippen molar-refractivity contribution in [2.45, 2.75) is 17.6 Å². The van der Waals surface area contributed by atoms with Gasteiger partial charge in [-0.15, -0.1) is 0 Å². The van der Waals surface area contributed by atoms with E-state index in [9.17, 15) is 31.2 Å². The number of alkyl halides is 3. The van der Waals surface area contributed by atoms with Crippen LogP contribution in [0.25, 0.3) is 0 Å². The first-order valence-corrected chi connectivity index (χ1v) is 8.70. The summed E-state index contributed by atoms with van der Waals surface area (Å²) < 4.78 is 61.1. The molecule has 3 N–H and O–H groups in total. The molecule has 0 atom stereocenters. The van der Waals surface area contributed by atoms with Crippen LogP contribution in [0.5, 0.6) is 0 Å². The Morgan fingerprint density at radius 3 is 2.31 bits per heavy atom. The van der Waals surface area contributed by atoms with Gasteiger partial charge in [-0.25, -0.2) is 13.6 Å². The van der Waals surface area contributed by atoms with Gasteiger partial charge < -0.3 is 9.88 Å². The van der Waals surface area contributed by atoms with Gasteiger partial charge in [-0.1, -0.05) is 11.6 Å². The molecule has 0 aliphatic heterocycles. The van der Waals surface area contributed by atoms with E-state index in [1.165, 1.54) is 12.1 Å². The SMILES string of the molecule is NS(=O)(=O)c1ccc(NC(=O)Cn2cc(C(F)(F)F)cc(Cl)c2=O)cc1.